The minimum absolute atomic E-state index is 0.109. The van der Waals surface area contributed by atoms with Gasteiger partial charge in [-0.2, -0.15) is 0 Å². The normalized spacial score (nSPS) is 17.8. The van der Waals surface area contributed by atoms with Gasteiger partial charge in [0, 0.05) is 6.04 Å². The number of hydrogen-bond acceptors (Lipinski definition) is 3. The summed E-state index contributed by atoms with van der Waals surface area (Å²) < 4.78 is 0. The molecule has 1 fully saturated rings. The highest BCUT2D eigenvalue weighted by molar-refractivity contribution is 5.91. The van der Waals surface area contributed by atoms with E-state index < -0.39 is 11.6 Å². The average Bonchev–Trinajstić information content (AvgIpc) is 3.01. The molecule has 0 aromatic rings. The molecule has 1 saturated carbocycles. The maximum absolute atomic E-state index is 11.8. The molecule has 0 radical (unpaired) electrons. The summed E-state index contributed by atoms with van der Waals surface area (Å²) in [6.45, 7) is 5.24. The third-order valence-electron chi connectivity index (χ3n) is 2.86. The molecule has 2 amide bonds. The lowest BCUT2D eigenvalue weighted by Crippen LogP contribution is -2.56. The van der Waals surface area contributed by atoms with Crippen molar-refractivity contribution in [2.45, 2.75) is 51.2 Å². The van der Waals surface area contributed by atoms with Crippen molar-refractivity contribution in [3.05, 3.63) is 0 Å². The van der Waals surface area contributed by atoms with Crippen LogP contribution in [0.25, 0.3) is 0 Å². The summed E-state index contributed by atoms with van der Waals surface area (Å²) in [5.74, 6) is -0.281. The summed E-state index contributed by atoms with van der Waals surface area (Å²) in [6, 6.07) is -0.162. The lowest BCUT2D eigenvalue weighted by Gasteiger charge is -2.25. The molecule has 92 valence electrons. The van der Waals surface area contributed by atoms with Gasteiger partial charge in [-0.1, -0.05) is 0 Å². The quantitative estimate of drug-likeness (QED) is 0.607. The van der Waals surface area contributed by atoms with Gasteiger partial charge in [0.15, 0.2) is 0 Å². The smallest absolute Gasteiger partial charge is 0.242 e. The van der Waals surface area contributed by atoms with Crippen LogP contribution in [-0.4, -0.2) is 36.5 Å². The van der Waals surface area contributed by atoms with Gasteiger partial charge in [0.25, 0.3) is 0 Å². The molecule has 1 unspecified atom stereocenters. The van der Waals surface area contributed by atoms with Gasteiger partial charge in [-0.25, -0.2) is 0 Å². The second kappa shape index (κ2) is 4.82. The molecule has 1 aliphatic carbocycles. The first-order valence-electron chi connectivity index (χ1n) is 5.67. The van der Waals surface area contributed by atoms with E-state index in [-0.39, 0.29) is 11.8 Å². The Bertz CT molecular complexity index is 285. The van der Waals surface area contributed by atoms with E-state index in [1.54, 1.807) is 27.8 Å². The Morgan fingerprint density at radius 1 is 1.31 bits per heavy atom. The van der Waals surface area contributed by atoms with Crippen molar-refractivity contribution in [3.63, 3.8) is 0 Å². The number of amides is 2. The van der Waals surface area contributed by atoms with Gasteiger partial charge in [0.1, 0.15) is 6.04 Å². The molecule has 3 N–H and O–H groups in total. The molecule has 1 aliphatic rings. The zero-order valence-corrected chi connectivity index (χ0v) is 10.4. The molecule has 1 rings (SSSR count). The van der Waals surface area contributed by atoms with Crippen LogP contribution < -0.4 is 16.0 Å². The molecule has 0 saturated heterocycles. The van der Waals surface area contributed by atoms with Crippen molar-refractivity contribution in [2.24, 2.45) is 0 Å². The second-order valence-corrected chi connectivity index (χ2v) is 4.85. The number of rotatable bonds is 5. The maximum Gasteiger partial charge on any atom is 0.242 e. The summed E-state index contributed by atoms with van der Waals surface area (Å²) in [6.07, 6.45) is 2.10. The molecule has 5 nitrogen and oxygen atoms in total. The third-order valence-corrected chi connectivity index (χ3v) is 2.86. The van der Waals surface area contributed by atoms with Gasteiger partial charge in [0.05, 0.1) is 5.54 Å². The van der Waals surface area contributed by atoms with Crippen LogP contribution in [0.4, 0.5) is 0 Å². The first-order valence-corrected chi connectivity index (χ1v) is 5.67. The Kier molecular flexibility index (Phi) is 3.91. The van der Waals surface area contributed by atoms with E-state index in [4.69, 9.17) is 0 Å². The number of likely N-dealkylation sites (N-methyl/N-ethyl adjacent to an activating group) is 1. The van der Waals surface area contributed by atoms with Gasteiger partial charge in [-0.15, -0.1) is 0 Å². The van der Waals surface area contributed by atoms with Gasteiger partial charge in [-0.3, -0.25) is 9.59 Å². The van der Waals surface area contributed by atoms with Crippen LogP contribution in [-0.2, 0) is 9.59 Å². The fraction of sp³-hybridized carbons (Fsp3) is 0.818. The Morgan fingerprint density at radius 3 is 2.31 bits per heavy atom. The molecule has 0 bridgehead atoms. The highest BCUT2D eigenvalue weighted by atomic mass is 16.2. The van der Waals surface area contributed by atoms with Crippen molar-refractivity contribution in [3.8, 4) is 0 Å². The van der Waals surface area contributed by atoms with Crippen LogP contribution in [0.1, 0.15) is 33.6 Å². The lowest BCUT2D eigenvalue weighted by molar-refractivity contribution is -0.131. The minimum atomic E-state index is -0.659. The summed E-state index contributed by atoms with van der Waals surface area (Å²) in [4.78, 5) is 23.4. The number of carbonyl (C=O) groups excluding carboxylic acids is 2. The molecule has 0 spiro atoms. The maximum atomic E-state index is 11.8. The standard InChI is InChI=1S/C11H21N3O2/c1-7(9(15)14-8-5-6-8)13-10(16)11(2,3)12-4/h7-8,12H,5-6H2,1-4H3,(H,13,16)(H,14,15). The summed E-state index contributed by atoms with van der Waals surface area (Å²) in [5.41, 5.74) is -0.659. The Balaban J connectivity index is 2.40. The van der Waals surface area contributed by atoms with Crippen molar-refractivity contribution in [1.82, 2.24) is 16.0 Å². The lowest BCUT2D eigenvalue weighted by atomic mass is 10.0. The largest absolute Gasteiger partial charge is 0.352 e. The van der Waals surface area contributed by atoms with E-state index in [2.05, 4.69) is 16.0 Å². The molecular formula is C11H21N3O2. The summed E-state index contributed by atoms with van der Waals surface area (Å²) in [5, 5.41) is 8.44. The van der Waals surface area contributed by atoms with E-state index in [0.717, 1.165) is 12.8 Å². The molecular weight excluding hydrogens is 206 g/mol. The zero-order valence-electron chi connectivity index (χ0n) is 10.4. The Labute approximate surface area is 96.4 Å². The van der Waals surface area contributed by atoms with Crippen molar-refractivity contribution in [2.75, 3.05) is 7.05 Å². The molecule has 5 heteroatoms. The van der Waals surface area contributed by atoms with Crippen LogP contribution >= 0.6 is 0 Å². The molecule has 16 heavy (non-hydrogen) atoms. The van der Waals surface area contributed by atoms with E-state index in [1.165, 1.54) is 0 Å². The predicted octanol–water partition coefficient (Wildman–Crippen LogP) is -0.232. The first-order chi connectivity index (χ1) is 7.36. The summed E-state index contributed by atoms with van der Waals surface area (Å²) >= 11 is 0. The van der Waals surface area contributed by atoms with Crippen LogP contribution in [0.5, 0.6) is 0 Å². The molecule has 1 atom stereocenters. The van der Waals surface area contributed by atoms with Gasteiger partial charge >= 0.3 is 0 Å². The second-order valence-electron chi connectivity index (χ2n) is 4.85. The highest BCUT2D eigenvalue weighted by Crippen LogP contribution is 2.18. The SMILES string of the molecule is CNC(C)(C)C(=O)NC(C)C(=O)NC1CC1. The van der Waals surface area contributed by atoms with E-state index >= 15 is 0 Å². The van der Waals surface area contributed by atoms with Crippen molar-refractivity contribution in [1.29, 1.82) is 0 Å². The van der Waals surface area contributed by atoms with E-state index in [1.807, 2.05) is 0 Å². The molecule has 0 aromatic heterocycles. The molecule has 0 heterocycles. The number of carbonyl (C=O) groups is 2. The van der Waals surface area contributed by atoms with Crippen molar-refractivity contribution < 1.29 is 9.59 Å². The van der Waals surface area contributed by atoms with Crippen LogP contribution in [0, 0.1) is 0 Å². The number of nitrogens with one attached hydrogen (secondary N) is 3. The fourth-order valence-corrected chi connectivity index (χ4v) is 1.11. The Hall–Kier alpha value is -1.10. The highest BCUT2D eigenvalue weighted by Gasteiger charge is 2.30. The van der Waals surface area contributed by atoms with Crippen molar-refractivity contribution >= 4 is 11.8 Å². The average molecular weight is 227 g/mol. The summed E-state index contributed by atoms with van der Waals surface area (Å²) in [7, 11) is 1.72. The van der Waals surface area contributed by atoms with Crippen LogP contribution in [0.15, 0.2) is 0 Å². The van der Waals surface area contributed by atoms with Crippen LogP contribution in [0.2, 0.25) is 0 Å². The molecule has 0 aliphatic heterocycles. The predicted molar refractivity (Wildman–Crippen MR) is 61.9 cm³/mol. The zero-order chi connectivity index (χ0) is 12.3. The van der Waals surface area contributed by atoms with Gasteiger partial charge < -0.3 is 16.0 Å². The third kappa shape index (κ3) is 3.48. The fourth-order valence-electron chi connectivity index (χ4n) is 1.11. The first kappa shape index (κ1) is 13.0. The van der Waals surface area contributed by atoms with Gasteiger partial charge in [0.2, 0.25) is 11.8 Å². The Morgan fingerprint density at radius 2 is 1.88 bits per heavy atom. The number of hydrogen-bond donors (Lipinski definition) is 3. The van der Waals surface area contributed by atoms with E-state index in [0.29, 0.717) is 6.04 Å². The van der Waals surface area contributed by atoms with E-state index in [9.17, 15) is 9.59 Å². The monoisotopic (exact) mass is 227 g/mol. The van der Waals surface area contributed by atoms with Gasteiger partial charge in [-0.05, 0) is 40.7 Å². The topological polar surface area (TPSA) is 70.2 Å². The molecule has 0 aromatic carbocycles. The van der Waals surface area contributed by atoms with Crippen LogP contribution in [0.3, 0.4) is 0 Å². The minimum Gasteiger partial charge on any atom is -0.352 e.